The van der Waals surface area contributed by atoms with Gasteiger partial charge in [0.25, 0.3) is 0 Å². The Balaban J connectivity index is 1.87. The molecule has 27 heavy (non-hydrogen) atoms. The highest BCUT2D eigenvalue weighted by atomic mass is 16.5. The predicted molar refractivity (Wildman–Crippen MR) is 106 cm³/mol. The molecule has 1 aliphatic rings. The van der Waals surface area contributed by atoms with Gasteiger partial charge in [-0.2, -0.15) is 0 Å². The zero-order valence-electron chi connectivity index (χ0n) is 16.2. The number of hydrogen-bond donors (Lipinski definition) is 0. The predicted octanol–water partition coefficient (Wildman–Crippen LogP) is 4.16. The molecule has 0 saturated carbocycles. The Morgan fingerprint density at radius 2 is 1.74 bits per heavy atom. The minimum absolute atomic E-state index is 0.153. The highest BCUT2D eigenvalue weighted by molar-refractivity contribution is 6.14. The Hall–Kier alpha value is -2.79. The number of benzene rings is 2. The number of ether oxygens (including phenoxy) is 3. The Bertz CT molecular complexity index is 869. The normalized spacial score (nSPS) is 14.4. The van der Waals surface area contributed by atoms with E-state index in [1.54, 1.807) is 32.4 Å². The zero-order valence-corrected chi connectivity index (χ0v) is 16.2. The van der Waals surface area contributed by atoms with Crippen LogP contribution in [0.4, 0.5) is 0 Å². The molecule has 0 aromatic heterocycles. The number of nitrogens with zero attached hydrogens (tertiary/aromatic N) is 1. The van der Waals surface area contributed by atoms with Gasteiger partial charge in [-0.25, -0.2) is 0 Å². The Labute approximate surface area is 160 Å². The van der Waals surface area contributed by atoms with E-state index in [2.05, 4.69) is 30.9 Å². The van der Waals surface area contributed by atoms with Crippen molar-refractivity contribution in [3.63, 3.8) is 0 Å². The fraction of sp³-hybridized carbons (Fsp3) is 0.318. The lowest BCUT2D eigenvalue weighted by Gasteiger charge is -2.18. The van der Waals surface area contributed by atoms with Gasteiger partial charge in [-0.15, -0.1) is 0 Å². The molecule has 142 valence electrons. The second-order valence-electron chi connectivity index (χ2n) is 6.35. The van der Waals surface area contributed by atoms with Crippen LogP contribution in [0.5, 0.6) is 17.2 Å². The van der Waals surface area contributed by atoms with Gasteiger partial charge >= 0.3 is 0 Å². The van der Waals surface area contributed by atoms with Gasteiger partial charge in [-0.1, -0.05) is 38.1 Å². The molecular weight excluding hydrogens is 342 g/mol. The number of allylic oxidation sites excluding steroid dienone is 1. The van der Waals surface area contributed by atoms with Crippen LogP contribution in [-0.2, 0) is 6.54 Å². The van der Waals surface area contributed by atoms with Gasteiger partial charge in [0.2, 0.25) is 5.78 Å². The lowest BCUT2D eigenvalue weighted by Crippen LogP contribution is -2.22. The molecule has 0 bridgehead atoms. The average molecular weight is 367 g/mol. The van der Waals surface area contributed by atoms with E-state index in [4.69, 9.17) is 14.2 Å². The number of carbonyl (C=O) groups excluding carboxylic acids is 1. The molecule has 1 heterocycles. The van der Waals surface area contributed by atoms with Gasteiger partial charge in [0.1, 0.15) is 5.75 Å². The van der Waals surface area contributed by atoms with Crippen molar-refractivity contribution >= 4 is 11.9 Å². The van der Waals surface area contributed by atoms with Gasteiger partial charge in [0.15, 0.2) is 17.3 Å². The summed E-state index contributed by atoms with van der Waals surface area (Å²) in [4.78, 5) is 15.1. The van der Waals surface area contributed by atoms with Crippen LogP contribution < -0.4 is 14.2 Å². The summed E-state index contributed by atoms with van der Waals surface area (Å²) in [6, 6.07) is 11.5. The highest BCUT2D eigenvalue weighted by Crippen LogP contribution is 2.40. The number of fused-ring (bicyclic) bond motifs is 1. The SMILES string of the molecule is CCN(CC)Cc1cccc(/C=C2\Oc3cc(OC)c(OC)cc3C2=O)c1. The molecule has 0 aliphatic carbocycles. The van der Waals surface area contributed by atoms with Crippen molar-refractivity contribution in [1.29, 1.82) is 0 Å². The molecule has 0 radical (unpaired) electrons. The quantitative estimate of drug-likeness (QED) is 0.688. The molecule has 0 saturated heterocycles. The summed E-state index contributed by atoms with van der Waals surface area (Å²) in [5.41, 5.74) is 2.63. The van der Waals surface area contributed by atoms with E-state index in [1.165, 1.54) is 5.56 Å². The molecular formula is C22H25NO4. The first-order valence-corrected chi connectivity index (χ1v) is 9.11. The van der Waals surface area contributed by atoms with Crippen LogP contribution in [0.25, 0.3) is 6.08 Å². The number of hydrogen-bond acceptors (Lipinski definition) is 5. The number of rotatable bonds is 7. The Morgan fingerprint density at radius 1 is 1.04 bits per heavy atom. The molecule has 0 spiro atoms. The maximum atomic E-state index is 12.7. The van der Waals surface area contributed by atoms with Gasteiger partial charge in [-0.05, 0) is 36.4 Å². The third-order valence-corrected chi connectivity index (χ3v) is 4.72. The van der Waals surface area contributed by atoms with Crippen LogP contribution in [0.15, 0.2) is 42.2 Å². The second kappa shape index (κ2) is 8.27. The van der Waals surface area contributed by atoms with Crippen LogP contribution >= 0.6 is 0 Å². The maximum Gasteiger partial charge on any atom is 0.232 e. The number of ketones is 1. The Kier molecular flexibility index (Phi) is 5.81. The lowest BCUT2D eigenvalue weighted by atomic mass is 10.1. The number of Topliss-reactive ketones (excluding diaryl/α,β-unsaturated/α-hetero) is 1. The molecule has 3 rings (SSSR count). The lowest BCUT2D eigenvalue weighted by molar-refractivity contribution is 0.101. The molecule has 0 unspecified atom stereocenters. The smallest absolute Gasteiger partial charge is 0.232 e. The van der Waals surface area contributed by atoms with Gasteiger partial charge in [-0.3, -0.25) is 9.69 Å². The summed E-state index contributed by atoms with van der Waals surface area (Å²) in [6.07, 6.45) is 1.78. The van der Waals surface area contributed by atoms with E-state index in [9.17, 15) is 4.79 Å². The molecule has 5 nitrogen and oxygen atoms in total. The van der Waals surface area contributed by atoms with Crippen LogP contribution in [0.2, 0.25) is 0 Å². The molecule has 2 aromatic rings. The first-order chi connectivity index (χ1) is 13.1. The summed E-state index contributed by atoms with van der Waals surface area (Å²) < 4.78 is 16.4. The zero-order chi connectivity index (χ0) is 19.4. The van der Waals surface area contributed by atoms with Crippen molar-refractivity contribution in [1.82, 2.24) is 4.90 Å². The first-order valence-electron chi connectivity index (χ1n) is 9.11. The molecule has 2 aromatic carbocycles. The third kappa shape index (κ3) is 3.98. The Morgan fingerprint density at radius 3 is 2.41 bits per heavy atom. The van der Waals surface area contributed by atoms with Gasteiger partial charge in [0.05, 0.1) is 19.8 Å². The fourth-order valence-electron chi connectivity index (χ4n) is 3.15. The summed E-state index contributed by atoms with van der Waals surface area (Å²) in [6.45, 7) is 7.19. The van der Waals surface area contributed by atoms with Crippen LogP contribution in [0, 0.1) is 0 Å². The van der Waals surface area contributed by atoms with E-state index < -0.39 is 0 Å². The van der Waals surface area contributed by atoms with Gasteiger partial charge < -0.3 is 14.2 Å². The average Bonchev–Trinajstić information content (AvgIpc) is 2.99. The van der Waals surface area contributed by atoms with E-state index in [-0.39, 0.29) is 5.78 Å². The van der Waals surface area contributed by atoms with Crippen molar-refractivity contribution in [3.05, 3.63) is 58.8 Å². The minimum atomic E-state index is -0.153. The van der Waals surface area contributed by atoms with Crippen LogP contribution in [-0.4, -0.2) is 38.0 Å². The topological polar surface area (TPSA) is 48.0 Å². The fourth-order valence-corrected chi connectivity index (χ4v) is 3.15. The summed E-state index contributed by atoms with van der Waals surface area (Å²) >= 11 is 0. The van der Waals surface area contributed by atoms with Crippen LogP contribution in [0.1, 0.15) is 35.3 Å². The molecule has 0 N–H and O–H groups in total. The molecule has 0 fully saturated rings. The van der Waals surface area contributed by atoms with E-state index >= 15 is 0 Å². The summed E-state index contributed by atoms with van der Waals surface area (Å²) in [5.74, 6) is 1.69. The molecule has 1 aliphatic heterocycles. The van der Waals surface area contributed by atoms with Crippen molar-refractivity contribution < 1.29 is 19.0 Å². The monoisotopic (exact) mass is 367 g/mol. The summed E-state index contributed by atoms with van der Waals surface area (Å²) in [7, 11) is 3.10. The van der Waals surface area contributed by atoms with E-state index in [1.807, 2.05) is 12.1 Å². The summed E-state index contributed by atoms with van der Waals surface area (Å²) in [5, 5.41) is 0. The third-order valence-electron chi connectivity index (χ3n) is 4.72. The van der Waals surface area contributed by atoms with Crippen molar-refractivity contribution in [2.45, 2.75) is 20.4 Å². The van der Waals surface area contributed by atoms with E-state index in [0.717, 1.165) is 25.2 Å². The van der Waals surface area contributed by atoms with Crippen molar-refractivity contribution in [3.8, 4) is 17.2 Å². The second-order valence-corrected chi connectivity index (χ2v) is 6.35. The van der Waals surface area contributed by atoms with Crippen molar-refractivity contribution in [2.75, 3.05) is 27.3 Å². The first kappa shape index (κ1) is 19.0. The molecule has 5 heteroatoms. The minimum Gasteiger partial charge on any atom is -0.493 e. The van der Waals surface area contributed by atoms with Gasteiger partial charge in [0, 0.05) is 12.6 Å². The highest BCUT2D eigenvalue weighted by Gasteiger charge is 2.29. The maximum absolute atomic E-state index is 12.7. The van der Waals surface area contributed by atoms with Crippen LogP contribution in [0.3, 0.4) is 0 Å². The van der Waals surface area contributed by atoms with Crippen molar-refractivity contribution in [2.24, 2.45) is 0 Å². The molecule has 0 amide bonds. The number of methoxy groups -OCH3 is 2. The largest absolute Gasteiger partial charge is 0.493 e. The standard InChI is InChI=1S/C22H25NO4/c1-5-23(6-2)14-16-9-7-8-15(10-16)11-21-22(24)17-12-19(25-3)20(26-4)13-18(17)27-21/h7-13H,5-6,14H2,1-4H3/b21-11-. The molecule has 0 atom stereocenters. The van der Waals surface area contributed by atoms with E-state index in [0.29, 0.717) is 28.6 Å². The number of carbonyl (C=O) groups is 1.